The number of hydrogen-bond acceptors (Lipinski definition) is 8. The van der Waals surface area contributed by atoms with Crippen LogP contribution in [0.15, 0.2) is 34.7 Å². The molecule has 164 valence electrons. The Labute approximate surface area is 177 Å². The number of phenols is 1. The predicted molar refractivity (Wildman–Crippen MR) is 112 cm³/mol. The van der Waals surface area contributed by atoms with Gasteiger partial charge in [-0.1, -0.05) is 0 Å². The summed E-state index contributed by atoms with van der Waals surface area (Å²) in [5.41, 5.74) is 1.36. The van der Waals surface area contributed by atoms with Gasteiger partial charge in [0.05, 0.1) is 11.5 Å². The number of nitrogens with zero attached hydrogens (tertiary/aromatic N) is 3. The molecule has 10 heteroatoms. The number of halogens is 1. The topological polar surface area (TPSA) is 114 Å². The van der Waals surface area contributed by atoms with Gasteiger partial charge in [0, 0.05) is 49.4 Å². The molecule has 1 saturated heterocycles. The molecule has 1 aliphatic rings. The van der Waals surface area contributed by atoms with E-state index in [9.17, 15) is 19.6 Å². The van der Waals surface area contributed by atoms with Gasteiger partial charge in [0.25, 0.3) is 11.7 Å². The summed E-state index contributed by atoms with van der Waals surface area (Å²) in [6, 6.07) is 7.41. The number of phenolic OH excluding ortho intramolecular Hbond substituents is 1. The van der Waals surface area contributed by atoms with Gasteiger partial charge in [-0.15, -0.1) is 0 Å². The molecule has 2 heterocycles. The van der Waals surface area contributed by atoms with Gasteiger partial charge in [-0.25, -0.2) is 4.39 Å². The van der Waals surface area contributed by atoms with Crippen LogP contribution in [0.4, 0.5) is 16.1 Å². The Balaban J connectivity index is 1.35. The van der Waals surface area contributed by atoms with Crippen molar-refractivity contribution in [3.8, 4) is 11.5 Å². The Morgan fingerprint density at radius 1 is 1.35 bits per heavy atom. The number of nitrogens with one attached hydrogen (secondary N) is 1. The number of rotatable bonds is 7. The van der Waals surface area contributed by atoms with Gasteiger partial charge in [0.15, 0.2) is 17.1 Å². The number of aromatic nitrogens is 1. The largest absolute Gasteiger partial charge is 0.504 e. The van der Waals surface area contributed by atoms with E-state index in [-0.39, 0.29) is 23.2 Å². The van der Waals surface area contributed by atoms with Gasteiger partial charge in [-0.05, 0) is 31.9 Å². The molecule has 1 aromatic heterocycles. The fourth-order valence-electron chi connectivity index (χ4n) is 3.72. The number of piperidine rings is 1. The molecule has 3 aromatic rings. The lowest BCUT2D eigenvalue weighted by atomic mass is 10.0. The van der Waals surface area contributed by atoms with Crippen molar-refractivity contribution in [3.05, 3.63) is 51.8 Å². The summed E-state index contributed by atoms with van der Waals surface area (Å²) in [6.45, 7) is 4.10. The Hall–Kier alpha value is -3.40. The minimum atomic E-state index is -0.467. The van der Waals surface area contributed by atoms with Crippen LogP contribution >= 0.6 is 0 Å². The monoisotopic (exact) mass is 430 g/mol. The summed E-state index contributed by atoms with van der Waals surface area (Å²) >= 11 is 0. The summed E-state index contributed by atoms with van der Waals surface area (Å²) in [4.78, 5) is 16.9. The van der Waals surface area contributed by atoms with E-state index in [0.717, 1.165) is 32.0 Å². The third-order valence-electron chi connectivity index (χ3n) is 5.32. The average molecular weight is 430 g/mol. The zero-order valence-corrected chi connectivity index (χ0v) is 17.0. The van der Waals surface area contributed by atoms with E-state index >= 15 is 0 Å². The van der Waals surface area contributed by atoms with E-state index in [1.807, 2.05) is 0 Å². The van der Waals surface area contributed by atoms with Crippen molar-refractivity contribution in [1.29, 1.82) is 0 Å². The maximum absolute atomic E-state index is 14.3. The third-order valence-corrected chi connectivity index (χ3v) is 5.32. The number of fused-ring (bicyclic) bond motifs is 1. The highest BCUT2D eigenvalue weighted by molar-refractivity contribution is 5.77. The van der Waals surface area contributed by atoms with Crippen LogP contribution in [0, 0.1) is 15.9 Å². The summed E-state index contributed by atoms with van der Waals surface area (Å²) in [5.74, 6) is -0.372. The molecule has 0 atom stereocenters. The number of ether oxygens (including phenoxy) is 1. The Bertz CT molecular complexity index is 1090. The predicted octanol–water partition coefficient (Wildman–Crippen LogP) is 4.06. The van der Waals surface area contributed by atoms with Crippen LogP contribution in [0.1, 0.15) is 25.3 Å². The second-order valence-electron chi connectivity index (χ2n) is 7.47. The standard InChI is InChI=1S/C21H23FN4O5/c1-2-30-20-9-13(16(22)11-18(20)27)12-25-7-5-14(6-8-25)23-21-24-17-10-15(26(28)29)3-4-19(17)31-21/h3-4,9-11,14,27H,2,5-8,12H2,1H3,(H,23,24). The molecule has 0 radical (unpaired) electrons. The molecule has 31 heavy (non-hydrogen) atoms. The molecular formula is C21H23FN4O5. The number of oxazole rings is 1. The van der Waals surface area contributed by atoms with Crippen molar-refractivity contribution in [2.75, 3.05) is 25.0 Å². The summed E-state index contributed by atoms with van der Waals surface area (Å²) < 4.78 is 25.2. The minimum absolute atomic E-state index is 0.0328. The quantitative estimate of drug-likeness (QED) is 0.426. The Kier molecular flexibility index (Phi) is 5.90. The van der Waals surface area contributed by atoms with Gasteiger partial charge >= 0.3 is 0 Å². The summed E-state index contributed by atoms with van der Waals surface area (Å²) in [7, 11) is 0. The average Bonchev–Trinajstić information content (AvgIpc) is 3.14. The fourth-order valence-corrected chi connectivity index (χ4v) is 3.72. The van der Waals surface area contributed by atoms with Crippen LogP contribution in [-0.4, -0.2) is 45.7 Å². The molecule has 9 nitrogen and oxygen atoms in total. The number of nitro groups is 1. The molecule has 4 rings (SSSR count). The van der Waals surface area contributed by atoms with Crippen molar-refractivity contribution < 1.29 is 23.6 Å². The number of hydrogen-bond donors (Lipinski definition) is 2. The Morgan fingerprint density at radius 2 is 2.13 bits per heavy atom. The Morgan fingerprint density at radius 3 is 2.84 bits per heavy atom. The number of nitro benzene ring substituents is 1. The second kappa shape index (κ2) is 8.76. The lowest BCUT2D eigenvalue weighted by Crippen LogP contribution is -2.38. The first-order chi connectivity index (χ1) is 14.9. The van der Waals surface area contributed by atoms with Crippen LogP contribution in [-0.2, 0) is 6.54 Å². The zero-order valence-electron chi connectivity index (χ0n) is 17.0. The van der Waals surface area contributed by atoms with Gasteiger partial charge in [-0.2, -0.15) is 4.98 Å². The van der Waals surface area contributed by atoms with Crippen molar-refractivity contribution in [2.45, 2.75) is 32.4 Å². The smallest absolute Gasteiger partial charge is 0.295 e. The summed E-state index contributed by atoms with van der Waals surface area (Å²) in [5, 5.41) is 23.9. The number of aromatic hydroxyl groups is 1. The first-order valence-corrected chi connectivity index (χ1v) is 10.1. The van der Waals surface area contributed by atoms with Crippen molar-refractivity contribution >= 4 is 22.8 Å². The fraction of sp³-hybridized carbons (Fsp3) is 0.381. The van der Waals surface area contributed by atoms with Gasteiger partial charge < -0.3 is 19.6 Å². The first kappa shape index (κ1) is 20.9. The van der Waals surface area contributed by atoms with Crippen LogP contribution in [0.2, 0.25) is 0 Å². The SMILES string of the molecule is CCOc1cc(CN2CCC(Nc3nc4cc([N+](=O)[O-])ccc4o3)CC2)c(F)cc1O. The van der Waals surface area contributed by atoms with Crippen molar-refractivity contribution in [2.24, 2.45) is 0 Å². The van der Waals surface area contributed by atoms with Gasteiger partial charge in [0.1, 0.15) is 11.3 Å². The maximum atomic E-state index is 14.3. The van der Waals surface area contributed by atoms with Gasteiger partial charge in [-0.3, -0.25) is 15.0 Å². The second-order valence-corrected chi connectivity index (χ2v) is 7.47. The number of benzene rings is 2. The molecule has 0 aliphatic carbocycles. The van der Waals surface area contributed by atoms with Crippen molar-refractivity contribution in [1.82, 2.24) is 9.88 Å². The molecule has 2 N–H and O–H groups in total. The third kappa shape index (κ3) is 4.69. The number of likely N-dealkylation sites (tertiary alicyclic amines) is 1. The molecular weight excluding hydrogens is 407 g/mol. The first-order valence-electron chi connectivity index (χ1n) is 10.1. The molecule has 0 spiro atoms. The highest BCUT2D eigenvalue weighted by Crippen LogP contribution is 2.30. The molecule has 0 unspecified atom stereocenters. The normalized spacial score (nSPS) is 15.3. The molecule has 2 aromatic carbocycles. The highest BCUT2D eigenvalue weighted by atomic mass is 19.1. The van der Waals surface area contributed by atoms with E-state index in [4.69, 9.17) is 9.15 Å². The van der Waals surface area contributed by atoms with Crippen LogP contribution < -0.4 is 10.1 Å². The van der Waals surface area contributed by atoms with E-state index in [1.54, 1.807) is 13.0 Å². The number of non-ortho nitro benzene ring substituents is 1. The lowest BCUT2D eigenvalue weighted by molar-refractivity contribution is -0.384. The zero-order chi connectivity index (χ0) is 22.0. The minimum Gasteiger partial charge on any atom is -0.504 e. The maximum Gasteiger partial charge on any atom is 0.295 e. The highest BCUT2D eigenvalue weighted by Gasteiger charge is 2.22. The van der Waals surface area contributed by atoms with E-state index < -0.39 is 10.7 Å². The molecule has 0 saturated carbocycles. The van der Waals surface area contributed by atoms with Crippen LogP contribution in [0.25, 0.3) is 11.1 Å². The van der Waals surface area contributed by atoms with E-state index in [2.05, 4.69) is 15.2 Å². The summed E-state index contributed by atoms with van der Waals surface area (Å²) in [6.07, 6.45) is 1.60. The van der Waals surface area contributed by atoms with Crippen molar-refractivity contribution in [3.63, 3.8) is 0 Å². The lowest BCUT2D eigenvalue weighted by Gasteiger charge is -2.32. The molecule has 0 amide bonds. The number of anilines is 1. The van der Waals surface area contributed by atoms with E-state index in [0.29, 0.717) is 35.8 Å². The van der Waals surface area contributed by atoms with E-state index in [1.165, 1.54) is 18.2 Å². The molecule has 0 bridgehead atoms. The van der Waals surface area contributed by atoms with Gasteiger partial charge in [0.2, 0.25) is 0 Å². The van der Waals surface area contributed by atoms with Crippen LogP contribution in [0.5, 0.6) is 11.5 Å². The molecule has 1 fully saturated rings. The van der Waals surface area contributed by atoms with Crippen LogP contribution in [0.3, 0.4) is 0 Å². The molecule has 1 aliphatic heterocycles.